The summed E-state index contributed by atoms with van der Waals surface area (Å²) < 4.78 is 26.3. The van der Waals surface area contributed by atoms with Crippen LogP contribution in [0.5, 0.6) is 0 Å². The fourth-order valence-corrected chi connectivity index (χ4v) is 3.17. The summed E-state index contributed by atoms with van der Waals surface area (Å²) in [4.78, 5) is 0. The quantitative estimate of drug-likeness (QED) is 0.838. The van der Waals surface area contributed by atoms with Crippen LogP contribution in [0.15, 0.2) is 24.3 Å². The predicted octanol–water partition coefficient (Wildman–Crippen LogP) is 1.77. The lowest BCUT2D eigenvalue weighted by Gasteiger charge is -2.22. The van der Waals surface area contributed by atoms with Crippen LogP contribution in [0.2, 0.25) is 0 Å². The molecule has 1 aromatic rings. The third kappa shape index (κ3) is 7.23. The van der Waals surface area contributed by atoms with E-state index in [2.05, 4.69) is 4.72 Å². The van der Waals surface area contributed by atoms with E-state index in [1.807, 2.05) is 26.8 Å². The Labute approximate surface area is 126 Å². The number of nitrogens with zero attached hydrogens (tertiary/aromatic N) is 1. The Morgan fingerprint density at radius 3 is 2.62 bits per heavy atom. The van der Waals surface area contributed by atoms with Gasteiger partial charge in [-0.15, -0.1) is 0 Å². The molecule has 1 atom stereocenters. The van der Waals surface area contributed by atoms with Crippen molar-refractivity contribution in [3.63, 3.8) is 0 Å². The average Bonchev–Trinajstić information content (AvgIpc) is 2.34. The van der Waals surface area contributed by atoms with Gasteiger partial charge in [-0.3, -0.25) is 0 Å². The van der Waals surface area contributed by atoms with E-state index < -0.39 is 16.1 Å². The van der Waals surface area contributed by atoms with Crippen LogP contribution in [-0.4, -0.2) is 26.2 Å². The van der Waals surface area contributed by atoms with Crippen molar-refractivity contribution in [2.24, 2.45) is 5.41 Å². The van der Waals surface area contributed by atoms with E-state index in [-0.39, 0.29) is 17.7 Å². The number of hydrogen-bond donors (Lipinski definition) is 2. The lowest BCUT2D eigenvalue weighted by Crippen LogP contribution is -2.34. The number of sulfonamides is 1. The topological polar surface area (TPSA) is 90.2 Å². The van der Waals surface area contributed by atoms with Crippen LogP contribution in [0.4, 0.5) is 0 Å². The molecule has 0 bridgehead atoms. The highest BCUT2D eigenvalue weighted by molar-refractivity contribution is 7.88. The molecule has 0 aromatic heterocycles. The second-order valence-corrected chi connectivity index (χ2v) is 8.15. The van der Waals surface area contributed by atoms with Gasteiger partial charge in [0.25, 0.3) is 0 Å². The molecular weight excluding hydrogens is 288 g/mol. The highest BCUT2D eigenvalue weighted by Gasteiger charge is 2.19. The molecule has 1 aromatic carbocycles. The van der Waals surface area contributed by atoms with Crippen molar-refractivity contribution >= 4 is 10.0 Å². The maximum Gasteiger partial charge on any atom is 0.215 e. The van der Waals surface area contributed by atoms with E-state index >= 15 is 0 Å². The van der Waals surface area contributed by atoms with Crippen molar-refractivity contribution in [1.29, 1.82) is 5.26 Å². The molecule has 0 spiro atoms. The minimum atomic E-state index is -3.53. The Bertz CT molecular complexity index is 613. The fourth-order valence-electron chi connectivity index (χ4n) is 2.00. The van der Waals surface area contributed by atoms with E-state index in [1.165, 1.54) is 0 Å². The van der Waals surface area contributed by atoms with Gasteiger partial charge in [0.05, 0.1) is 23.5 Å². The number of aliphatic hydroxyl groups excluding tert-OH is 1. The molecular formula is C15H22N2O3S. The molecule has 6 heteroatoms. The molecule has 0 saturated heterocycles. The molecule has 0 aliphatic rings. The van der Waals surface area contributed by atoms with Crippen LogP contribution in [0.1, 0.15) is 38.3 Å². The Morgan fingerprint density at radius 2 is 2.05 bits per heavy atom. The van der Waals surface area contributed by atoms with Gasteiger partial charge in [-0.1, -0.05) is 32.9 Å². The van der Waals surface area contributed by atoms with Gasteiger partial charge in [-0.2, -0.15) is 5.26 Å². The van der Waals surface area contributed by atoms with Crippen molar-refractivity contribution in [2.45, 2.75) is 39.0 Å². The minimum absolute atomic E-state index is 0.00244. The van der Waals surface area contributed by atoms with Crippen LogP contribution in [-0.2, 0) is 15.8 Å². The summed E-state index contributed by atoms with van der Waals surface area (Å²) in [6, 6.07) is 8.45. The zero-order chi connectivity index (χ0) is 16.1. The standard InChI is InChI=1S/C15H22N2O3S/c1-15(2,3)8-14(18)10-17-21(19,20)11-13-6-4-5-12(7-13)9-16/h4-7,14,17-18H,8,10-11H2,1-3H3. The van der Waals surface area contributed by atoms with Gasteiger partial charge in [0, 0.05) is 6.54 Å². The summed E-state index contributed by atoms with van der Waals surface area (Å²) in [5.74, 6) is -0.204. The van der Waals surface area contributed by atoms with Gasteiger partial charge in [-0.05, 0) is 29.5 Å². The van der Waals surface area contributed by atoms with Gasteiger partial charge in [0.2, 0.25) is 10.0 Å². The van der Waals surface area contributed by atoms with Crippen LogP contribution in [0.3, 0.4) is 0 Å². The largest absolute Gasteiger partial charge is 0.392 e. The monoisotopic (exact) mass is 310 g/mol. The van der Waals surface area contributed by atoms with E-state index in [1.54, 1.807) is 24.3 Å². The maximum atomic E-state index is 12.0. The zero-order valence-electron chi connectivity index (χ0n) is 12.6. The Balaban J connectivity index is 2.60. The minimum Gasteiger partial charge on any atom is -0.392 e. The molecule has 0 aliphatic carbocycles. The second kappa shape index (κ2) is 7.03. The summed E-state index contributed by atoms with van der Waals surface area (Å²) in [6.07, 6.45) is -0.204. The molecule has 0 aliphatic heterocycles. The van der Waals surface area contributed by atoms with E-state index in [0.29, 0.717) is 17.5 Å². The van der Waals surface area contributed by atoms with Crippen molar-refractivity contribution in [2.75, 3.05) is 6.54 Å². The summed E-state index contributed by atoms with van der Waals surface area (Å²) in [7, 11) is -3.53. The van der Waals surface area contributed by atoms with Gasteiger partial charge >= 0.3 is 0 Å². The molecule has 0 radical (unpaired) electrons. The SMILES string of the molecule is CC(C)(C)CC(O)CNS(=O)(=O)Cc1cccc(C#N)c1. The molecule has 0 heterocycles. The maximum absolute atomic E-state index is 12.0. The molecule has 5 nitrogen and oxygen atoms in total. The normalized spacial score (nSPS) is 13.7. The van der Waals surface area contributed by atoms with Crippen LogP contribution < -0.4 is 4.72 Å². The van der Waals surface area contributed by atoms with Crippen molar-refractivity contribution in [3.05, 3.63) is 35.4 Å². The van der Waals surface area contributed by atoms with Gasteiger partial charge < -0.3 is 5.11 Å². The second-order valence-electron chi connectivity index (χ2n) is 6.34. The third-order valence-corrected chi connectivity index (χ3v) is 4.12. The first kappa shape index (κ1) is 17.6. The lowest BCUT2D eigenvalue weighted by molar-refractivity contribution is 0.125. The first-order chi connectivity index (χ1) is 9.61. The molecule has 21 heavy (non-hydrogen) atoms. The molecule has 0 fully saturated rings. The molecule has 0 saturated carbocycles. The van der Waals surface area contributed by atoms with E-state index in [0.717, 1.165) is 0 Å². The van der Waals surface area contributed by atoms with Crippen LogP contribution in [0, 0.1) is 16.7 Å². The number of benzene rings is 1. The van der Waals surface area contributed by atoms with Crippen LogP contribution in [0.25, 0.3) is 0 Å². The first-order valence-corrected chi connectivity index (χ1v) is 8.41. The number of nitriles is 1. The third-order valence-electron chi connectivity index (χ3n) is 2.80. The fraction of sp³-hybridized carbons (Fsp3) is 0.533. The summed E-state index contributed by atoms with van der Waals surface area (Å²) >= 11 is 0. The molecule has 2 N–H and O–H groups in total. The predicted molar refractivity (Wildman–Crippen MR) is 81.9 cm³/mol. The summed E-state index contributed by atoms with van der Waals surface area (Å²) in [5, 5.41) is 18.6. The number of rotatable bonds is 6. The average molecular weight is 310 g/mol. The molecule has 0 amide bonds. The summed E-state index contributed by atoms with van der Waals surface area (Å²) in [6.45, 7) is 5.95. The Hall–Kier alpha value is -1.42. The highest BCUT2D eigenvalue weighted by Crippen LogP contribution is 2.20. The van der Waals surface area contributed by atoms with E-state index in [4.69, 9.17) is 5.26 Å². The smallest absolute Gasteiger partial charge is 0.215 e. The Morgan fingerprint density at radius 1 is 1.38 bits per heavy atom. The number of aliphatic hydroxyl groups is 1. The first-order valence-electron chi connectivity index (χ1n) is 6.76. The van der Waals surface area contributed by atoms with Gasteiger partial charge in [0.15, 0.2) is 0 Å². The molecule has 1 unspecified atom stereocenters. The lowest BCUT2D eigenvalue weighted by atomic mass is 9.89. The zero-order valence-corrected chi connectivity index (χ0v) is 13.4. The summed E-state index contributed by atoms with van der Waals surface area (Å²) in [5.41, 5.74) is 0.911. The van der Waals surface area contributed by atoms with Crippen molar-refractivity contribution in [3.8, 4) is 6.07 Å². The van der Waals surface area contributed by atoms with Crippen molar-refractivity contribution in [1.82, 2.24) is 4.72 Å². The van der Waals surface area contributed by atoms with Crippen molar-refractivity contribution < 1.29 is 13.5 Å². The van der Waals surface area contributed by atoms with Gasteiger partial charge in [0.1, 0.15) is 0 Å². The van der Waals surface area contributed by atoms with Crippen LogP contribution >= 0.6 is 0 Å². The molecule has 1 rings (SSSR count). The molecule has 116 valence electrons. The Kier molecular flexibility index (Phi) is 5.90. The number of hydrogen-bond acceptors (Lipinski definition) is 4. The number of nitrogens with one attached hydrogen (secondary N) is 1. The highest BCUT2D eigenvalue weighted by atomic mass is 32.2. The van der Waals surface area contributed by atoms with Gasteiger partial charge in [-0.25, -0.2) is 13.1 Å². The van der Waals surface area contributed by atoms with E-state index in [9.17, 15) is 13.5 Å².